The second kappa shape index (κ2) is 3.85. The molecule has 0 atom stereocenters. The Bertz CT molecular complexity index is 551. The van der Waals surface area contributed by atoms with Gasteiger partial charge in [-0.1, -0.05) is 18.3 Å². The summed E-state index contributed by atoms with van der Waals surface area (Å²) in [6.07, 6.45) is 2.32. The Morgan fingerprint density at radius 3 is 2.88 bits per heavy atom. The number of hydrogen-bond acceptors (Lipinski definition) is 4. The van der Waals surface area contributed by atoms with Gasteiger partial charge >= 0.3 is 0 Å². The molecule has 5 heteroatoms. The molecule has 1 amide bonds. The van der Waals surface area contributed by atoms with Crippen LogP contribution in [0.3, 0.4) is 0 Å². The molecule has 0 spiro atoms. The molecule has 0 saturated carbocycles. The summed E-state index contributed by atoms with van der Waals surface area (Å²) in [5.41, 5.74) is 1.58. The summed E-state index contributed by atoms with van der Waals surface area (Å²) < 4.78 is 10.5. The maximum atomic E-state index is 11.5. The Labute approximate surface area is 103 Å². The van der Waals surface area contributed by atoms with Gasteiger partial charge in [-0.2, -0.15) is 0 Å². The lowest BCUT2D eigenvalue weighted by molar-refractivity contribution is -0.115. The van der Waals surface area contributed by atoms with Gasteiger partial charge in [-0.05, 0) is 23.8 Å². The largest absolute Gasteiger partial charge is 0.454 e. The maximum absolute atomic E-state index is 11.5. The average Bonchev–Trinajstić information content (AvgIpc) is 2.85. The Morgan fingerprint density at radius 1 is 1.29 bits per heavy atom. The third kappa shape index (κ3) is 1.89. The molecule has 1 N–H and O–H groups in total. The summed E-state index contributed by atoms with van der Waals surface area (Å²) in [6, 6.07) is 5.57. The van der Waals surface area contributed by atoms with Crippen molar-refractivity contribution in [1.82, 2.24) is 5.32 Å². The van der Waals surface area contributed by atoms with Crippen LogP contribution in [0.2, 0.25) is 0 Å². The van der Waals surface area contributed by atoms with Crippen LogP contribution in [0.15, 0.2) is 23.8 Å². The van der Waals surface area contributed by atoms with E-state index in [4.69, 9.17) is 21.7 Å². The van der Waals surface area contributed by atoms with Crippen molar-refractivity contribution in [3.05, 3.63) is 29.3 Å². The molecule has 1 aromatic carbocycles. The Hall–Kier alpha value is -1.88. The minimum absolute atomic E-state index is 0.118. The quantitative estimate of drug-likeness (QED) is 0.605. The molecular weight excluding hydrogens is 238 g/mol. The second-order valence-electron chi connectivity index (χ2n) is 3.84. The highest BCUT2D eigenvalue weighted by molar-refractivity contribution is 7.80. The number of thiocarbonyl (C=S) groups is 1. The van der Waals surface area contributed by atoms with Gasteiger partial charge in [0.15, 0.2) is 11.5 Å². The predicted octanol–water partition coefficient (Wildman–Crippen LogP) is 1.65. The fraction of sp³-hybridized carbons (Fsp3) is 0.167. The summed E-state index contributed by atoms with van der Waals surface area (Å²) in [6.45, 7) is 0.250. The minimum Gasteiger partial charge on any atom is -0.454 e. The number of nitrogens with one attached hydrogen (secondary N) is 1. The molecule has 0 unspecified atom stereocenters. The van der Waals surface area contributed by atoms with Crippen LogP contribution in [0.1, 0.15) is 12.0 Å². The van der Waals surface area contributed by atoms with Crippen molar-refractivity contribution >= 4 is 29.2 Å². The first kappa shape index (κ1) is 10.3. The van der Waals surface area contributed by atoms with Crippen molar-refractivity contribution in [2.24, 2.45) is 0 Å². The van der Waals surface area contributed by atoms with Crippen LogP contribution in [0.5, 0.6) is 11.5 Å². The molecule has 1 saturated heterocycles. The number of amides is 1. The van der Waals surface area contributed by atoms with E-state index in [9.17, 15) is 4.79 Å². The first-order valence-electron chi connectivity index (χ1n) is 5.17. The summed E-state index contributed by atoms with van der Waals surface area (Å²) in [4.78, 5) is 12.1. The molecule has 1 fully saturated rings. The van der Waals surface area contributed by atoms with Crippen molar-refractivity contribution in [1.29, 1.82) is 0 Å². The molecule has 0 aromatic heterocycles. The maximum Gasteiger partial charge on any atom is 0.252 e. The van der Waals surface area contributed by atoms with Gasteiger partial charge in [0.1, 0.15) is 0 Å². The van der Waals surface area contributed by atoms with Gasteiger partial charge in [-0.25, -0.2) is 0 Å². The van der Waals surface area contributed by atoms with Gasteiger partial charge in [0.25, 0.3) is 5.91 Å². The number of ether oxygens (including phenoxy) is 2. The van der Waals surface area contributed by atoms with Crippen LogP contribution in [0.25, 0.3) is 6.08 Å². The van der Waals surface area contributed by atoms with Crippen LogP contribution < -0.4 is 14.8 Å². The van der Waals surface area contributed by atoms with Gasteiger partial charge in [0.2, 0.25) is 6.79 Å². The Balaban J connectivity index is 1.93. The van der Waals surface area contributed by atoms with Gasteiger partial charge in [-0.3, -0.25) is 4.79 Å². The summed E-state index contributed by atoms with van der Waals surface area (Å²) in [5.74, 6) is 1.33. The predicted molar refractivity (Wildman–Crippen MR) is 65.9 cm³/mol. The van der Waals surface area contributed by atoms with Crippen LogP contribution in [-0.2, 0) is 4.79 Å². The lowest BCUT2D eigenvalue weighted by Gasteiger charge is -1.98. The lowest BCUT2D eigenvalue weighted by Crippen LogP contribution is -2.17. The monoisotopic (exact) mass is 247 g/mol. The summed E-state index contributed by atoms with van der Waals surface area (Å²) in [7, 11) is 0. The smallest absolute Gasteiger partial charge is 0.252 e. The van der Waals surface area contributed by atoms with Gasteiger partial charge in [0, 0.05) is 12.0 Å². The highest BCUT2D eigenvalue weighted by Crippen LogP contribution is 2.33. The molecule has 3 rings (SSSR count). The molecule has 0 bridgehead atoms. The van der Waals surface area contributed by atoms with Crippen molar-refractivity contribution in [3.8, 4) is 11.5 Å². The molecule has 0 aliphatic carbocycles. The average molecular weight is 247 g/mol. The molecular formula is C12H9NO3S. The summed E-state index contributed by atoms with van der Waals surface area (Å²) >= 11 is 4.95. The molecule has 2 aliphatic rings. The number of benzene rings is 1. The number of carbonyl (C=O) groups is 1. The number of rotatable bonds is 1. The van der Waals surface area contributed by atoms with Gasteiger partial charge < -0.3 is 14.8 Å². The number of carbonyl (C=O) groups excluding carboxylic acids is 1. The van der Waals surface area contributed by atoms with Crippen molar-refractivity contribution in [2.45, 2.75) is 6.42 Å². The standard InChI is InChI=1S/C12H9NO3S/c14-12-8(5-11(17)13-12)3-7-1-2-9-10(4-7)16-6-15-9/h1-4H,5-6H2,(H,13,14,17)/b8-3+. The molecule has 2 heterocycles. The first-order valence-corrected chi connectivity index (χ1v) is 5.57. The second-order valence-corrected chi connectivity index (χ2v) is 4.33. The normalized spacial score (nSPS) is 19.9. The zero-order valence-electron chi connectivity index (χ0n) is 8.86. The SMILES string of the molecule is O=C1NC(=S)C/C1=C\c1ccc2c(c1)OCO2. The zero-order valence-corrected chi connectivity index (χ0v) is 9.67. The highest BCUT2D eigenvalue weighted by Gasteiger charge is 2.21. The third-order valence-corrected chi connectivity index (χ3v) is 2.88. The molecule has 2 aliphatic heterocycles. The minimum atomic E-state index is -0.118. The molecule has 17 heavy (non-hydrogen) atoms. The Morgan fingerprint density at radius 2 is 2.12 bits per heavy atom. The zero-order chi connectivity index (χ0) is 11.8. The molecule has 1 aromatic rings. The topological polar surface area (TPSA) is 47.6 Å². The van der Waals surface area contributed by atoms with E-state index >= 15 is 0 Å². The van der Waals surface area contributed by atoms with Crippen LogP contribution >= 0.6 is 12.2 Å². The van der Waals surface area contributed by atoms with Gasteiger partial charge in [-0.15, -0.1) is 0 Å². The van der Waals surface area contributed by atoms with E-state index in [0.717, 1.165) is 11.3 Å². The third-order valence-electron chi connectivity index (χ3n) is 2.63. The molecule has 4 nitrogen and oxygen atoms in total. The molecule has 86 valence electrons. The van der Waals surface area contributed by atoms with E-state index in [1.54, 1.807) is 0 Å². The molecule has 0 radical (unpaired) electrons. The van der Waals surface area contributed by atoms with Crippen LogP contribution in [0.4, 0.5) is 0 Å². The number of hydrogen-bond donors (Lipinski definition) is 1. The van der Waals surface area contributed by atoms with Crippen LogP contribution in [-0.4, -0.2) is 17.7 Å². The van der Waals surface area contributed by atoms with E-state index in [1.807, 2.05) is 24.3 Å². The summed E-state index contributed by atoms with van der Waals surface area (Å²) in [5, 5.41) is 2.61. The van der Waals surface area contributed by atoms with E-state index in [-0.39, 0.29) is 12.7 Å². The van der Waals surface area contributed by atoms with E-state index in [0.29, 0.717) is 22.7 Å². The fourth-order valence-corrected chi connectivity index (χ4v) is 2.07. The first-order chi connectivity index (χ1) is 8.22. The van der Waals surface area contributed by atoms with Crippen molar-refractivity contribution in [3.63, 3.8) is 0 Å². The van der Waals surface area contributed by atoms with Crippen LogP contribution in [0, 0.1) is 0 Å². The van der Waals surface area contributed by atoms with E-state index in [1.165, 1.54) is 0 Å². The van der Waals surface area contributed by atoms with Crippen molar-refractivity contribution in [2.75, 3.05) is 6.79 Å². The number of fused-ring (bicyclic) bond motifs is 1. The van der Waals surface area contributed by atoms with Crippen molar-refractivity contribution < 1.29 is 14.3 Å². The Kier molecular flexibility index (Phi) is 2.33. The highest BCUT2D eigenvalue weighted by atomic mass is 32.1. The lowest BCUT2D eigenvalue weighted by atomic mass is 10.1. The fourth-order valence-electron chi connectivity index (χ4n) is 1.83. The van der Waals surface area contributed by atoms with Gasteiger partial charge in [0.05, 0.1) is 4.99 Å². The van der Waals surface area contributed by atoms with E-state index < -0.39 is 0 Å². The van der Waals surface area contributed by atoms with E-state index in [2.05, 4.69) is 5.32 Å².